The molecule has 1 aromatic rings. The van der Waals surface area contributed by atoms with Gasteiger partial charge in [0.1, 0.15) is 0 Å². The first kappa shape index (κ1) is 16.3. The Morgan fingerprint density at radius 1 is 1.48 bits per heavy atom. The molecular formula is C15H25ClN4O. The van der Waals surface area contributed by atoms with Gasteiger partial charge in [-0.3, -0.25) is 9.48 Å². The van der Waals surface area contributed by atoms with E-state index in [1.165, 1.54) is 12.8 Å². The first-order valence-electron chi connectivity index (χ1n) is 7.64. The molecule has 0 radical (unpaired) electrons. The molecule has 4 atom stereocenters. The highest BCUT2D eigenvalue weighted by Crippen LogP contribution is 2.47. The second kappa shape index (κ2) is 6.36. The maximum Gasteiger partial charge on any atom is 0.225 e. The van der Waals surface area contributed by atoms with Gasteiger partial charge in [0.25, 0.3) is 0 Å². The zero-order chi connectivity index (χ0) is 14.3. The number of carbonyl (C=O) groups excluding carboxylic acids is 1. The molecule has 1 heterocycles. The molecule has 0 saturated heterocycles. The van der Waals surface area contributed by atoms with Crippen molar-refractivity contribution in [3.63, 3.8) is 0 Å². The minimum absolute atomic E-state index is 0. The van der Waals surface area contributed by atoms with Crippen molar-refractivity contribution in [2.75, 3.05) is 0 Å². The number of rotatable bonds is 4. The summed E-state index contributed by atoms with van der Waals surface area (Å²) < 4.78 is 1.81. The molecule has 2 aliphatic carbocycles. The van der Waals surface area contributed by atoms with Crippen LogP contribution in [0.4, 0.5) is 0 Å². The van der Waals surface area contributed by atoms with Crippen molar-refractivity contribution in [1.29, 1.82) is 0 Å². The number of hydrogen-bond donors (Lipinski definition) is 2. The largest absolute Gasteiger partial charge is 0.352 e. The van der Waals surface area contributed by atoms with Gasteiger partial charge in [-0.1, -0.05) is 6.92 Å². The number of halogens is 1. The zero-order valence-electron chi connectivity index (χ0n) is 12.7. The SMILES string of the molecule is CCc1nn(C)cc1CNC(=O)C1C2CCC(C2)C1N.Cl. The normalized spacial score (nSPS) is 30.2. The Balaban J connectivity index is 0.00000161. The van der Waals surface area contributed by atoms with Crippen molar-refractivity contribution < 1.29 is 4.79 Å². The van der Waals surface area contributed by atoms with E-state index in [0.29, 0.717) is 18.4 Å². The highest BCUT2D eigenvalue weighted by molar-refractivity contribution is 5.85. The number of aryl methyl sites for hydroxylation is 2. The Morgan fingerprint density at radius 3 is 2.81 bits per heavy atom. The lowest BCUT2D eigenvalue weighted by molar-refractivity contribution is -0.127. The summed E-state index contributed by atoms with van der Waals surface area (Å²) >= 11 is 0. The topological polar surface area (TPSA) is 72.9 Å². The Hall–Kier alpha value is -1.07. The molecule has 118 valence electrons. The molecule has 6 heteroatoms. The molecule has 3 rings (SSSR count). The van der Waals surface area contributed by atoms with Crippen molar-refractivity contribution >= 4 is 18.3 Å². The van der Waals surface area contributed by atoms with Crippen LogP contribution in [0, 0.1) is 17.8 Å². The third-order valence-electron chi connectivity index (χ3n) is 5.06. The van der Waals surface area contributed by atoms with Crippen LogP contribution in [0.5, 0.6) is 0 Å². The summed E-state index contributed by atoms with van der Waals surface area (Å²) in [5.41, 5.74) is 8.39. The number of aromatic nitrogens is 2. The monoisotopic (exact) mass is 312 g/mol. The maximum absolute atomic E-state index is 12.4. The molecule has 0 aromatic carbocycles. The molecule has 1 aromatic heterocycles. The lowest BCUT2D eigenvalue weighted by Gasteiger charge is -2.27. The van der Waals surface area contributed by atoms with Crippen LogP contribution < -0.4 is 11.1 Å². The minimum atomic E-state index is 0. The summed E-state index contributed by atoms with van der Waals surface area (Å²) in [7, 11) is 1.91. The predicted octanol–water partition coefficient (Wildman–Crippen LogP) is 1.39. The van der Waals surface area contributed by atoms with Crippen molar-refractivity contribution in [2.45, 2.75) is 45.2 Å². The molecule has 4 unspecified atom stereocenters. The Labute approximate surface area is 132 Å². The Kier molecular flexibility index (Phi) is 4.94. The van der Waals surface area contributed by atoms with Crippen molar-refractivity contribution in [3.05, 3.63) is 17.5 Å². The van der Waals surface area contributed by atoms with E-state index in [4.69, 9.17) is 5.73 Å². The fourth-order valence-electron chi connectivity index (χ4n) is 4.05. The van der Waals surface area contributed by atoms with Gasteiger partial charge in [-0.25, -0.2) is 0 Å². The standard InChI is InChI=1S/C15H24N4O.ClH/c1-3-12-11(8-19(2)18-12)7-17-15(20)13-9-4-5-10(6-9)14(13)16;/h8-10,13-14H,3-7,16H2,1-2H3,(H,17,20);1H. The average Bonchev–Trinajstić information content (AvgIpc) is 3.09. The molecule has 2 aliphatic rings. The van der Waals surface area contributed by atoms with Crippen molar-refractivity contribution in [2.24, 2.45) is 30.5 Å². The number of nitrogens with one attached hydrogen (secondary N) is 1. The molecule has 0 aliphatic heterocycles. The fourth-order valence-corrected chi connectivity index (χ4v) is 4.05. The first-order chi connectivity index (χ1) is 9.60. The molecule has 0 spiro atoms. The number of carbonyl (C=O) groups is 1. The van der Waals surface area contributed by atoms with E-state index in [0.717, 1.165) is 24.1 Å². The van der Waals surface area contributed by atoms with E-state index in [-0.39, 0.29) is 30.3 Å². The van der Waals surface area contributed by atoms with E-state index in [1.54, 1.807) is 0 Å². The van der Waals surface area contributed by atoms with E-state index in [9.17, 15) is 4.79 Å². The smallest absolute Gasteiger partial charge is 0.225 e. The van der Waals surface area contributed by atoms with E-state index in [1.807, 2.05) is 17.9 Å². The van der Waals surface area contributed by atoms with Crippen molar-refractivity contribution in [3.8, 4) is 0 Å². The highest BCUT2D eigenvalue weighted by Gasteiger charge is 2.48. The quantitative estimate of drug-likeness (QED) is 0.882. The molecule has 21 heavy (non-hydrogen) atoms. The number of fused-ring (bicyclic) bond motifs is 2. The molecule has 3 N–H and O–H groups in total. The van der Waals surface area contributed by atoms with Gasteiger partial charge >= 0.3 is 0 Å². The van der Waals surface area contributed by atoms with Crippen LogP contribution in [0.1, 0.15) is 37.4 Å². The molecular weight excluding hydrogens is 288 g/mol. The summed E-state index contributed by atoms with van der Waals surface area (Å²) in [6.45, 7) is 2.65. The van der Waals surface area contributed by atoms with Crippen molar-refractivity contribution in [1.82, 2.24) is 15.1 Å². The number of hydrogen-bond acceptors (Lipinski definition) is 3. The summed E-state index contributed by atoms with van der Waals surface area (Å²) in [5, 5.41) is 7.47. The van der Waals surface area contributed by atoms with Crippen LogP contribution in [-0.4, -0.2) is 21.7 Å². The summed E-state index contributed by atoms with van der Waals surface area (Å²) in [5.74, 6) is 1.24. The predicted molar refractivity (Wildman–Crippen MR) is 84.0 cm³/mol. The highest BCUT2D eigenvalue weighted by atomic mass is 35.5. The van der Waals surface area contributed by atoms with E-state index >= 15 is 0 Å². The van der Waals surface area contributed by atoms with Gasteiger partial charge in [-0.2, -0.15) is 5.10 Å². The molecule has 2 saturated carbocycles. The van der Waals surface area contributed by atoms with Crippen LogP contribution in [-0.2, 0) is 24.8 Å². The maximum atomic E-state index is 12.4. The van der Waals surface area contributed by atoms with Gasteiger partial charge < -0.3 is 11.1 Å². The van der Waals surface area contributed by atoms with Crippen LogP contribution in [0.15, 0.2) is 6.20 Å². The fraction of sp³-hybridized carbons (Fsp3) is 0.733. The summed E-state index contributed by atoms with van der Waals surface area (Å²) in [6.07, 6.45) is 6.40. The van der Waals surface area contributed by atoms with Gasteiger partial charge in [0.15, 0.2) is 0 Å². The lowest BCUT2D eigenvalue weighted by atomic mass is 9.84. The Morgan fingerprint density at radius 2 is 2.19 bits per heavy atom. The lowest BCUT2D eigenvalue weighted by Crippen LogP contribution is -2.45. The zero-order valence-corrected chi connectivity index (χ0v) is 13.5. The van der Waals surface area contributed by atoms with Crippen LogP contribution >= 0.6 is 12.4 Å². The van der Waals surface area contributed by atoms with Crippen LogP contribution in [0.3, 0.4) is 0 Å². The number of nitrogens with two attached hydrogens (primary N) is 1. The van der Waals surface area contributed by atoms with E-state index in [2.05, 4.69) is 17.3 Å². The van der Waals surface area contributed by atoms with Crippen LogP contribution in [0.2, 0.25) is 0 Å². The van der Waals surface area contributed by atoms with Gasteiger partial charge in [0.05, 0.1) is 11.6 Å². The van der Waals surface area contributed by atoms with Gasteiger partial charge in [-0.05, 0) is 37.5 Å². The van der Waals surface area contributed by atoms with Gasteiger partial charge in [-0.15, -0.1) is 12.4 Å². The first-order valence-corrected chi connectivity index (χ1v) is 7.64. The number of amides is 1. The van der Waals surface area contributed by atoms with Gasteiger partial charge in [0.2, 0.25) is 5.91 Å². The minimum Gasteiger partial charge on any atom is -0.352 e. The third-order valence-corrected chi connectivity index (χ3v) is 5.06. The third kappa shape index (κ3) is 2.94. The second-order valence-corrected chi connectivity index (χ2v) is 6.28. The van der Waals surface area contributed by atoms with Crippen LogP contribution in [0.25, 0.3) is 0 Å². The molecule has 1 amide bonds. The van der Waals surface area contributed by atoms with Gasteiger partial charge in [0, 0.05) is 31.4 Å². The molecule has 2 bridgehead atoms. The Bertz CT molecular complexity index is 514. The van der Waals surface area contributed by atoms with E-state index < -0.39 is 0 Å². The summed E-state index contributed by atoms with van der Waals surface area (Å²) in [6, 6.07) is 0.0632. The number of nitrogens with zero attached hydrogens (tertiary/aromatic N) is 2. The summed E-state index contributed by atoms with van der Waals surface area (Å²) in [4.78, 5) is 12.4. The second-order valence-electron chi connectivity index (χ2n) is 6.28. The molecule has 5 nitrogen and oxygen atoms in total. The molecule has 2 fully saturated rings. The average molecular weight is 313 g/mol.